The van der Waals surface area contributed by atoms with Gasteiger partial charge in [0.25, 0.3) is 0 Å². The molecule has 0 aliphatic carbocycles. The molecular formula is C12H21N3O5. The summed E-state index contributed by atoms with van der Waals surface area (Å²) in [4.78, 5) is 35.6. The minimum Gasteiger partial charge on any atom is -0.481 e. The Morgan fingerprint density at radius 1 is 1.45 bits per heavy atom. The minimum absolute atomic E-state index is 0.143. The van der Waals surface area contributed by atoms with E-state index in [9.17, 15) is 14.4 Å². The third-order valence-corrected chi connectivity index (χ3v) is 2.91. The number of carboxylic acids is 1. The van der Waals surface area contributed by atoms with E-state index in [0.29, 0.717) is 19.7 Å². The van der Waals surface area contributed by atoms with Crippen LogP contribution in [0, 0.1) is 0 Å². The molecule has 2 atom stereocenters. The Morgan fingerprint density at radius 2 is 2.15 bits per heavy atom. The van der Waals surface area contributed by atoms with Crippen LogP contribution in [0.3, 0.4) is 0 Å². The zero-order chi connectivity index (χ0) is 15.1. The number of hydrogen-bond donors (Lipinski definition) is 3. The number of nitrogens with one attached hydrogen (secondary N) is 2. The lowest BCUT2D eigenvalue weighted by atomic mass is 10.2. The summed E-state index contributed by atoms with van der Waals surface area (Å²) in [6.07, 6.45) is -0.651. The van der Waals surface area contributed by atoms with E-state index in [1.165, 1.54) is 4.90 Å². The number of amides is 3. The Labute approximate surface area is 117 Å². The van der Waals surface area contributed by atoms with Crippen LogP contribution in [-0.2, 0) is 14.3 Å². The first kappa shape index (κ1) is 16.2. The quantitative estimate of drug-likeness (QED) is 0.625. The van der Waals surface area contributed by atoms with Gasteiger partial charge in [-0.3, -0.25) is 9.59 Å². The van der Waals surface area contributed by atoms with E-state index in [2.05, 4.69) is 10.6 Å². The number of rotatable bonds is 5. The van der Waals surface area contributed by atoms with Crippen molar-refractivity contribution in [2.24, 2.45) is 0 Å². The predicted molar refractivity (Wildman–Crippen MR) is 70.2 cm³/mol. The van der Waals surface area contributed by atoms with E-state index in [1.807, 2.05) is 0 Å². The molecule has 3 amide bonds. The second-order valence-corrected chi connectivity index (χ2v) is 4.60. The van der Waals surface area contributed by atoms with Gasteiger partial charge in [0.15, 0.2) is 0 Å². The molecule has 0 aromatic rings. The fourth-order valence-electron chi connectivity index (χ4n) is 1.89. The number of urea groups is 1. The lowest BCUT2D eigenvalue weighted by molar-refractivity contribution is -0.141. The van der Waals surface area contributed by atoms with E-state index in [0.717, 1.165) is 0 Å². The molecule has 1 fully saturated rings. The zero-order valence-corrected chi connectivity index (χ0v) is 11.7. The van der Waals surface area contributed by atoms with Gasteiger partial charge in [-0.25, -0.2) is 4.79 Å². The molecule has 0 bridgehead atoms. The summed E-state index contributed by atoms with van der Waals surface area (Å²) in [6.45, 7) is 4.77. The normalized spacial score (nSPS) is 20.1. The lowest BCUT2D eigenvalue weighted by Crippen LogP contribution is -2.54. The number of carbonyl (C=O) groups excluding carboxylic acids is 2. The third kappa shape index (κ3) is 5.04. The van der Waals surface area contributed by atoms with Crippen LogP contribution in [0.5, 0.6) is 0 Å². The number of nitrogens with zero attached hydrogens (tertiary/aromatic N) is 1. The van der Waals surface area contributed by atoms with Gasteiger partial charge in [0, 0.05) is 19.6 Å². The smallest absolute Gasteiger partial charge is 0.318 e. The van der Waals surface area contributed by atoms with Crippen LogP contribution < -0.4 is 10.6 Å². The molecular weight excluding hydrogens is 266 g/mol. The molecule has 0 aromatic heterocycles. The van der Waals surface area contributed by atoms with Gasteiger partial charge >= 0.3 is 12.0 Å². The molecule has 1 rings (SSSR count). The lowest BCUT2D eigenvalue weighted by Gasteiger charge is -2.33. The SMILES string of the molecule is CCNC(=O)C(C)NC(=O)N1CCOC(CC(=O)O)C1. The fraction of sp³-hybridized carbons (Fsp3) is 0.750. The topological polar surface area (TPSA) is 108 Å². The number of morpholine rings is 1. The molecule has 2 unspecified atom stereocenters. The number of carboxylic acid groups (broad SMARTS) is 1. The highest BCUT2D eigenvalue weighted by atomic mass is 16.5. The molecule has 1 aliphatic rings. The van der Waals surface area contributed by atoms with Gasteiger partial charge in [0.1, 0.15) is 6.04 Å². The maximum Gasteiger partial charge on any atom is 0.318 e. The average Bonchev–Trinajstić information content (AvgIpc) is 2.38. The van der Waals surface area contributed by atoms with Crippen molar-refractivity contribution in [3.05, 3.63) is 0 Å². The maximum absolute atomic E-state index is 12.0. The number of likely N-dealkylation sites (N-methyl/N-ethyl adjacent to an activating group) is 1. The summed E-state index contributed by atoms with van der Waals surface area (Å²) in [5.74, 6) is -1.22. The maximum atomic E-state index is 12.0. The van der Waals surface area contributed by atoms with Crippen LogP contribution in [0.25, 0.3) is 0 Å². The molecule has 0 radical (unpaired) electrons. The number of hydrogen-bond acceptors (Lipinski definition) is 4. The van der Waals surface area contributed by atoms with Gasteiger partial charge in [0.05, 0.1) is 19.1 Å². The molecule has 8 heteroatoms. The largest absolute Gasteiger partial charge is 0.481 e. The second kappa shape index (κ2) is 7.68. The summed E-state index contributed by atoms with van der Waals surface area (Å²) >= 11 is 0. The van der Waals surface area contributed by atoms with Gasteiger partial charge < -0.3 is 25.4 Å². The Hall–Kier alpha value is -1.83. The van der Waals surface area contributed by atoms with Crippen LogP contribution in [0.1, 0.15) is 20.3 Å². The Kier molecular flexibility index (Phi) is 6.23. The highest BCUT2D eigenvalue weighted by Gasteiger charge is 2.27. The van der Waals surface area contributed by atoms with Crippen molar-refractivity contribution in [3.8, 4) is 0 Å². The number of carbonyl (C=O) groups is 3. The van der Waals surface area contributed by atoms with Gasteiger partial charge in [-0.15, -0.1) is 0 Å². The predicted octanol–water partition coefficient (Wildman–Crippen LogP) is -0.604. The molecule has 114 valence electrons. The van der Waals surface area contributed by atoms with Crippen LogP contribution in [-0.4, -0.2) is 66.3 Å². The molecule has 1 saturated heterocycles. The van der Waals surface area contributed by atoms with Crippen molar-refractivity contribution in [1.29, 1.82) is 0 Å². The molecule has 1 aliphatic heterocycles. The van der Waals surface area contributed by atoms with Gasteiger partial charge in [0.2, 0.25) is 5.91 Å². The first-order valence-electron chi connectivity index (χ1n) is 6.60. The molecule has 0 aromatic carbocycles. The van der Waals surface area contributed by atoms with Crippen LogP contribution in [0.4, 0.5) is 4.79 Å². The average molecular weight is 287 g/mol. The molecule has 8 nitrogen and oxygen atoms in total. The molecule has 3 N–H and O–H groups in total. The summed E-state index contributed by atoms with van der Waals surface area (Å²) < 4.78 is 5.28. The van der Waals surface area contributed by atoms with Crippen molar-refractivity contribution in [1.82, 2.24) is 15.5 Å². The third-order valence-electron chi connectivity index (χ3n) is 2.91. The minimum atomic E-state index is -0.965. The highest BCUT2D eigenvalue weighted by molar-refractivity contribution is 5.86. The Bertz CT molecular complexity index is 374. The Balaban J connectivity index is 2.46. The standard InChI is InChI=1S/C12H21N3O5/c1-3-13-11(18)8(2)14-12(19)15-4-5-20-9(7-15)6-10(16)17/h8-9H,3-7H2,1-2H3,(H,13,18)(H,14,19)(H,16,17). The zero-order valence-electron chi connectivity index (χ0n) is 11.7. The summed E-state index contributed by atoms with van der Waals surface area (Å²) in [7, 11) is 0. The van der Waals surface area contributed by atoms with E-state index >= 15 is 0 Å². The van der Waals surface area contributed by atoms with Crippen molar-refractivity contribution in [2.75, 3.05) is 26.2 Å². The van der Waals surface area contributed by atoms with Crippen molar-refractivity contribution in [3.63, 3.8) is 0 Å². The number of ether oxygens (including phenoxy) is 1. The first-order valence-corrected chi connectivity index (χ1v) is 6.60. The monoisotopic (exact) mass is 287 g/mol. The van der Waals surface area contributed by atoms with Crippen LogP contribution in [0.2, 0.25) is 0 Å². The van der Waals surface area contributed by atoms with Gasteiger partial charge in [-0.2, -0.15) is 0 Å². The second-order valence-electron chi connectivity index (χ2n) is 4.60. The molecule has 1 heterocycles. The van der Waals surface area contributed by atoms with Crippen LogP contribution in [0.15, 0.2) is 0 Å². The summed E-state index contributed by atoms with van der Waals surface area (Å²) in [6, 6.07) is -1.02. The molecule has 0 saturated carbocycles. The van der Waals surface area contributed by atoms with Crippen molar-refractivity contribution in [2.45, 2.75) is 32.4 Å². The molecule has 20 heavy (non-hydrogen) atoms. The molecule has 0 spiro atoms. The first-order chi connectivity index (χ1) is 9.43. The van der Waals surface area contributed by atoms with E-state index in [1.54, 1.807) is 13.8 Å². The fourth-order valence-corrected chi connectivity index (χ4v) is 1.89. The van der Waals surface area contributed by atoms with E-state index in [-0.39, 0.29) is 24.9 Å². The van der Waals surface area contributed by atoms with Crippen molar-refractivity contribution >= 4 is 17.9 Å². The number of aliphatic carboxylic acids is 1. The summed E-state index contributed by atoms with van der Waals surface area (Å²) in [5.41, 5.74) is 0. The highest BCUT2D eigenvalue weighted by Crippen LogP contribution is 2.09. The van der Waals surface area contributed by atoms with Gasteiger partial charge in [-0.05, 0) is 13.8 Å². The van der Waals surface area contributed by atoms with Gasteiger partial charge in [-0.1, -0.05) is 0 Å². The van der Waals surface area contributed by atoms with E-state index in [4.69, 9.17) is 9.84 Å². The summed E-state index contributed by atoms with van der Waals surface area (Å²) in [5, 5.41) is 13.9. The van der Waals surface area contributed by atoms with E-state index < -0.39 is 18.1 Å². The Morgan fingerprint density at radius 3 is 2.75 bits per heavy atom. The van der Waals surface area contributed by atoms with Crippen molar-refractivity contribution < 1.29 is 24.2 Å². The van der Waals surface area contributed by atoms with Crippen LogP contribution >= 0.6 is 0 Å².